The predicted molar refractivity (Wildman–Crippen MR) is 115 cm³/mol. The SMILES string of the molecule is CN1C2CCCC1CC(NC(=O)c1cccc3oc(N4CCS(=O)(=O)CC4)nc13)C2. The van der Waals surface area contributed by atoms with E-state index in [0.717, 1.165) is 12.8 Å². The molecule has 1 N–H and O–H groups in total. The second kappa shape index (κ2) is 7.53. The summed E-state index contributed by atoms with van der Waals surface area (Å²) in [5, 5.41) is 3.24. The zero-order chi connectivity index (χ0) is 20.9. The van der Waals surface area contributed by atoms with Crippen molar-refractivity contribution in [1.82, 2.24) is 15.2 Å². The van der Waals surface area contributed by atoms with Gasteiger partial charge in [-0.05, 0) is 44.9 Å². The van der Waals surface area contributed by atoms with Gasteiger partial charge >= 0.3 is 0 Å². The third-order valence-electron chi connectivity index (χ3n) is 6.94. The molecule has 1 amide bonds. The Labute approximate surface area is 176 Å². The minimum absolute atomic E-state index is 0.0948. The number of carbonyl (C=O) groups is 1. The molecule has 1 aromatic carbocycles. The van der Waals surface area contributed by atoms with Gasteiger partial charge in [0.2, 0.25) is 0 Å². The fourth-order valence-corrected chi connectivity index (χ4v) is 6.36. The number of rotatable bonds is 3. The lowest BCUT2D eigenvalue weighted by atomic mass is 9.82. The van der Waals surface area contributed by atoms with Gasteiger partial charge in [0.1, 0.15) is 5.52 Å². The number of fused-ring (bicyclic) bond motifs is 3. The Hall–Kier alpha value is -2.13. The standard InChI is InChI=1S/C21H28N4O4S/c1-24-15-4-2-5-16(24)13-14(12-15)22-20(26)17-6-3-7-18-19(17)23-21(29-18)25-8-10-30(27,28)11-9-25/h3,6-7,14-16H,2,4-5,8-13H2,1H3,(H,22,26). The third-order valence-corrected chi connectivity index (χ3v) is 8.55. The van der Waals surface area contributed by atoms with Gasteiger partial charge in [-0.2, -0.15) is 4.98 Å². The highest BCUT2D eigenvalue weighted by Crippen LogP contribution is 2.33. The maximum Gasteiger partial charge on any atom is 0.298 e. The number of sulfone groups is 1. The van der Waals surface area contributed by atoms with Crippen LogP contribution in [0.1, 0.15) is 42.5 Å². The van der Waals surface area contributed by atoms with Crippen LogP contribution in [0, 0.1) is 0 Å². The van der Waals surface area contributed by atoms with Gasteiger partial charge in [-0.25, -0.2) is 8.42 Å². The van der Waals surface area contributed by atoms with E-state index in [0.29, 0.717) is 47.9 Å². The molecule has 4 heterocycles. The molecule has 3 fully saturated rings. The van der Waals surface area contributed by atoms with E-state index in [1.807, 2.05) is 4.90 Å². The number of amides is 1. The Morgan fingerprint density at radius 3 is 2.57 bits per heavy atom. The maximum atomic E-state index is 13.1. The van der Waals surface area contributed by atoms with E-state index in [2.05, 4.69) is 22.2 Å². The van der Waals surface area contributed by atoms with Crippen LogP contribution in [-0.4, -0.2) is 74.0 Å². The number of nitrogens with one attached hydrogen (secondary N) is 1. The molecule has 3 saturated heterocycles. The van der Waals surface area contributed by atoms with E-state index < -0.39 is 9.84 Å². The Balaban J connectivity index is 1.34. The van der Waals surface area contributed by atoms with Crippen molar-refractivity contribution in [2.75, 3.05) is 36.5 Å². The number of carbonyl (C=O) groups excluding carboxylic acids is 1. The second-order valence-electron chi connectivity index (χ2n) is 8.83. The normalized spacial score (nSPS) is 29.1. The van der Waals surface area contributed by atoms with Crippen LogP contribution in [0.5, 0.6) is 0 Å². The van der Waals surface area contributed by atoms with Crippen LogP contribution in [0.15, 0.2) is 22.6 Å². The van der Waals surface area contributed by atoms with E-state index in [4.69, 9.17) is 4.42 Å². The van der Waals surface area contributed by atoms with Gasteiger partial charge in [0.05, 0.1) is 17.1 Å². The van der Waals surface area contributed by atoms with E-state index in [1.165, 1.54) is 19.3 Å². The number of hydrogen-bond donors (Lipinski definition) is 1. The van der Waals surface area contributed by atoms with Crippen molar-refractivity contribution < 1.29 is 17.6 Å². The number of hydrogen-bond acceptors (Lipinski definition) is 7. The fraction of sp³-hybridized carbons (Fsp3) is 0.619. The maximum absolute atomic E-state index is 13.1. The van der Waals surface area contributed by atoms with E-state index >= 15 is 0 Å². The average Bonchev–Trinajstić information content (AvgIpc) is 3.13. The van der Waals surface area contributed by atoms with E-state index in [9.17, 15) is 13.2 Å². The van der Waals surface area contributed by atoms with Gasteiger partial charge in [-0.1, -0.05) is 12.5 Å². The molecule has 1 aromatic heterocycles. The van der Waals surface area contributed by atoms with Crippen LogP contribution in [0.3, 0.4) is 0 Å². The van der Waals surface area contributed by atoms with Gasteiger partial charge in [-0.3, -0.25) is 4.79 Å². The summed E-state index contributed by atoms with van der Waals surface area (Å²) in [5.74, 6) is 0.0731. The monoisotopic (exact) mass is 432 g/mol. The van der Waals surface area contributed by atoms with Crippen molar-refractivity contribution in [3.05, 3.63) is 23.8 Å². The Kier molecular flexibility index (Phi) is 4.97. The first-order chi connectivity index (χ1) is 14.4. The summed E-state index contributed by atoms with van der Waals surface area (Å²) in [4.78, 5) is 22.0. The minimum Gasteiger partial charge on any atom is -0.423 e. The summed E-state index contributed by atoms with van der Waals surface area (Å²) in [6, 6.07) is 7.03. The quantitative estimate of drug-likeness (QED) is 0.790. The lowest BCUT2D eigenvalue weighted by molar-refractivity contribution is 0.0463. The summed E-state index contributed by atoms with van der Waals surface area (Å²) >= 11 is 0. The van der Waals surface area contributed by atoms with Crippen LogP contribution in [-0.2, 0) is 9.84 Å². The average molecular weight is 433 g/mol. The molecule has 2 bridgehead atoms. The predicted octanol–water partition coefficient (Wildman–Crippen LogP) is 1.81. The highest BCUT2D eigenvalue weighted by atomic mass is 32.2. The Bertz CT molecular complexity index is 1040. The lowest BCUT2D eigenvalue weighted by Gasteiger charge is -2.47. The van der Waals surface area contributed by atoms with Crippen molar-refractivity contribution in [2.24, 2.45) is 0 Å². The van der Waals surface area contributed by atoms with Crippen LogP contribution in [0.25, 0.3) is 11.1 Å². The van der Waals surface area contributed by atoms with E-state index in [-0.39, 0.29) is 23.5 Å². The molecule has 2 unspecified atom stereocenters. The largest absolute Gasteiger partial charge is 0.423 e. The number of oxazole rings is 1. The molecule has 0 saturated carbocycles. The number of benzene rings is 1. The molecule has 5 rings (SSSR count). The first-order valence-electron chi connectivity index (χ1n) is 10.8. The van der Waals surface area contributed by atoms with E-state index in [1.54, 1.807) is 18.2 Å². The summed E-state index contributed by atoms with van der Waals surface area (Å²) in [6.45, 7) is 0.712. The zero-order valence-electron chi connectivity index (χ0n) is 17.2. The minimum atomic E-state index is -2.98. The topological polar surface area (TPSA) is 95.8 Å². The highest BCUT2D eigenvalue weighted by molar-refractivity contribution is 7.91. The smallest absolute Gasteiger partial charge is 0.298 e. The molecule has 2 aromatic rings. The number of para-hydroxylation sites is 1. The van der Waals surface area contributed by atoms with Crippen LogP contribution in [0.4, 0.5) is 6.01 Å². The highest BCUT2D eigenvalue weighted by Gasteiger charge is 2.36. The number of nitrogens with zero attached hydrogens (tertiary/aromatic N) is 3. The molecule has 30 heavy (non-hydrogen) atoms. The molecular weight excluding hydrogens is 404 g/mol. The van der Waals surface area contributed by atoms with Gasteiger partial charge in [-0.15, -0.1) is 0 Å². The van der Waals surface area contributed by atoms with Gasteiger partial charge in [0.25, 0.3) is 11.9 Å². The van der Waals surface area contributed by atoms with Crippen molar-refractivity contribution in [1.29, 1.82) is 0 Å². The Morgan fingerprint density at radius 1 is 1.17 bits per heavy atom. The zero-order valence-corrected chi connectivity index (χ0v) is 18.0. The molecule has 9 heteroatoms. The lowest BCUT2D eigenvalue weighted by Crippen LogP contribution is -2.55. The summed E-state index contributed by atoms with van der Waals surface area (Å²) in [6.07, 6.45) is 5.65. The molecule has 3 aliphatic rings. The van der Waals surface area contributed by atoms with Crippen LogP contribution >= 0.6 is 0 Å². The van der Waals surface area contributed by atoms with Gasteiger partial charge < -0.3 is 19.5 Å². The molecule has 0 spiro atoms. The molecule has 3 aliphatic heterocycles. The first kappa shape index (κ1) is 19.8. The molecule has 162 valence electrons. The number of aromatic nitrogens is 1. The van der Waals surface area contributed by atoms with Crippen molar-refractivity contribution in [3.8, 4) is 0 Å². The van der Waals surface area contributed by atoms with Crippen LogP contribution in [0.2, 0.25) is 0 Å². The van der Waals surface area contributed by atoms with Gasteiger partial charge in [0, 0.05) is 31.2 Å². The third kappa shape index (κ3) is 3.69. The fourth-order valence-electron chi connectivity index (χ4n) is 5.16. The Morgan fingerprint density at radius 2 is 1.87 bits per heavy atom. The van der Waals surface area contributed by atoms with Crippen molar-refractivity contribution >= 4 is 32.9 Å². The van der Waals surface area contributed by atoms with Crippen molar-refractivity contribution in [2.45, 2.75) is 50.2 Å². The van der Waals surface area contributed by atoms with Crippen LogP contribution < -0.4 is 10.2 Å². The summed E-state index contributed by atoms with van der Waals surface area (Å²) in [7, 11) is -0.777. The molecule has 8 nitrogen and oxygen atoms in total. The second-order valence-corrected chi connectivity index (χ2v) is 11.1. The molecular formula is C21H28N4O4S. The molecule has 0 radical (unpaired) electrons. The molecule has 0 aliphatic carbocycles. The van der Waals surface area contributed by atoms with Gasteiger partial charge in [0.15, 0.2) is 15.4 Å². The number of anilines is 1. The summed E-state index contributed by atoms with van der Waals surface area (Å²) < 4.78 is 29.2. The van der Waals surface area contributed by atoms with Crippen molar-refractivity contribution in [3.63, 3.8) is 0 Å². The first-order valence-corrected chi connectivity index (χ1v) is 12.6. The molecule has 2 atom stereocenters. The number of piperidine rings is 2. The summed E-state index contributed by atoms with van der Waals surface area (Å²) in [5.41, 5.74) is 1.59.